The lowest BCUT2D eigenvalue weighted by Gasteiger charge is -2.32. The van der Waals surface area contributed by atoms with Crippen molar-refractivity contribution in [3.8, 4) is 0 Å². The molecule has 0 amide bonds. The van der Waals surface area contributed by atoms with Gasteiger partial charge in [0.25, 0.3) is 0 Å². The van der Waals surface area contributed by atoms with E-state index in [1.54, 1.807) is 23.9 Å². The smallest absolute Gasteiger partial charge is 0.243 e. The number of nitrogens with zero attached hydrogens (tertiary/aromatic N) is 2. The molecule has 0 spiro atoms. The predicted octanol–water partition coefficient (Wildman–Crippen LogP) is 3.83. The molecule has 0 aliphatic carbocycles. The molecule has 1 fully saturated rings. The van der Waals surface area contributed by atoms with E-state index in [2.05, 4.69) is 4.90 Å². The molecule has 1 aliphatic heterocycles. The van der Waals surface area contributed by atoms with Crippen molar-refractivity contribution in [1.29, 1.82) is 0 Å². The summed E-state index contributed by atoms with van der Waals surface area (Å²) >= 11 is 2.76. The van der Waals surface area contributed by atoms with Crippen LogP contribution in [0.3, 0.4) is 0 Å². The van der Waals surface area contributed by atoms with E-state index in [4.69, 9.17) is 4.74 Å². The van der Waals surface area contributed by atoms with E-state index in [-0.39, 0.29) is 16.1 Å². The maximum absolute atomic E-state index is 13.5. The van der Waals surface area contributed by atoms with E-state index in [1.807, 2.05) is 49.4 Å². The van der Waals surface area contributed by atoms with Crippen LogP contribution in [0.1, 0.15) is 13.8 Å². The van der Waals surface area contributed by atoms with Crippen LogP contribution < -0.4 is 0 Å². The molecule has 32 heavy (non-hydrogen) atoms. The molecule has 1 atom stereocenters. The maximum atomic E-state index is 13.5. The molecule has 0 saturated carbocycles. The average Bonchev–Trinajstić information content (AvgIpc) is 2.79. The van der Waals surface area contributed by atoms with Gasteiger partial charge in [-0.15, -0.1) is 0 Å². The number of carbonyl (C=O) groups excluding carboxylic acids is 1. The van der Waals surface area contributed by atoms with Crippen LogP contribution in [0.2, 0.25) is 0 Å². The van der Waals surface area contributed by atoms with Gasteiger partial charge in [0.05, 0.1) is 18.1 Å². The first-order valence-electron chi connectivity index (χ1n) is 10.6. The first-order chi connectivity index (χ1) is 15.4. The fraction of sp³-hybridized carbons (Fsp3) is 0.435. The molecule has 2 aromatic carbocycles. The topological polar surface area (TPSA) is 66.9 Å². The molecule has 0 bridgehead atoms. The van der Waals surface area contributed by atoms with Crippen molar-refractivity contribution < 1.29 is 17.9 Å². The van der Waals surface area contributed by atoms with Crippen molar-refractivity contribution in [3.05, 3.63) is 54.6 Å². The summed E-state index contributed by atoms with van der Waals surface area (Å²) in [6.45, 7) is 7.33. The second-order valence-corrected chi connectivity index (χ2v) is 11.8. The molecular formula is C23H30N2O4S3. The number of carbonyl (C=O) groups is 1. The third-order valence-corrected chi connectivity index (χ3v) is 9.27. The quantitative estimate of drug-likeness (QED) is 0.497. The monoisotopic (exact) mass is 494 g/mol. The Hall–Kier alpha value is -1.36. The Morgan fingerprint density at radius 3 is 2.31 bits per heavy atom. The molecule has 3 rings (SSSR count). The Balaban J connectivity index is 1.75. The molecule has 1 heterocycles. The zero-order valence-corrected chi connectivity index (χ0v) is 20.9. The lowest BCUT2D eigenvalue weighted by Crippen LogP contribution is -2.46. The number of ether oxygens (including phenoxy) is 1. The van der Waals surface area contributed by atoms with Gasteiger partial charge in [-0.3, -0.25) is 9.69 Å². The van der Waals surface area contributed by atoms with Gasteiger partial charge in [0.15, 0.2) is 5.12 Å². The van der Waals surface area contributed by atoms with Gasteiger partial charge < -0.3 is 4.74 Å². The molecule has 0 radical (unpaired) electrons. The standard InChI is InChI=1S/C23H30N2O4S3/c1-19(18-30-20(2)26)25(13-12-24-14-16-29-17-15-24)32(27,28)23-10-8-22(9-11-23)31-21-6-4-3-5-7-21/h3-11,19H,12-18H2,1-2H3/t19-/m1/s1. The minimum Gasteiger partial charge on any atom is -0.379 e. The van der Waals surface area contributed by atoms with E-state index in [0.717, 1.165) is 34.6 Å². The Kier molecular flexibility index (Phi) is 9.63. The third-order valence-electron chi connectivity index (χ3n) is 5.17. The summed E-state index contributed by atoms with van der Waals surface area (Å²) in [6.07, 6.45) is 0. The van der Waals surface area contributed by atoms with Gasteiger partial charge in [-0.1, -0.05) is 41.7 Å². The normalized spacial score (nSPS) is 16.2. The summed E-state index contributed by atoms with van der Waals surface area (Å²) in [5.74, 6) is 0.430. The Labute approximate surface area is 199 Å². The Morgan fingerprint density at radius 2 is 1.69 bits per heavy atom. The fourth-order valence-corrected chi connectivity index (χ4v) is 6.61. The number of thioether (sulfide) groups is 1. The van der Waals surface area contributed by atoms with Crippen molar-refractivity contribution in [1.82, 2.24) is 9.21 Å². The highest BCUT2D eigenvalue weighted by Crippen LogP contribution is 2.29. The van der Waals surface area contributed by atoms with Crippen molar-refractivity contribution in [2.45, 2.75) is 34.6 Å². The van der Waals surface area contributed by atoms with E-state index >= 15 is 0 Å². The van der Waals surface area contributed by atoms with E-state index < -0.39 is 10.0 Å². The second kappa shape index (κ2) is 12.2. The number of hydrogen-bond acceptors (Lipinski definition) is 7. The number of benzene rings is 2. The zero-order valence-electron chi connectivity index (χ0n) is 18.5. The lowest BCUT2D eigenvalue weighted by molar-refractivity contribution is -0.109. The first kappa shape index (κ1) is 25.3. The van der Waals surface area contributed by atoms with Crippen LogP contribution in [0, 0.1) is 0 Å². The third kappa shape index (κ3) is 7.33. The molecule has 1 aliphatic rings. The molecule has 9 heteroatoms. The van der Waals surface area contributed by atoms with Crippen LogP contribution in [0.5, 0.6) is 0 Å². The predicted molar refractivity (Wildman–Crippen MR) is 131 cm³/mol. The highest BCUT2D eigenvalue weighted by molar-refractivity contribution is 8.13. The SMILES string of the molecule is CC(=O)SC[C@@H](C)N(CCN1CCOCC1)S(=O)(=O)c1ccc(Sc2ccccc2)cc1. The Morgan fingerprint density at radius 1 is 1.06 bits per heavy atom. The number of hydrogen-bond donors (Lipinski definition) is 0. The molecule has 1 saturated heterocycles. The molecule has 2 aromatic rings. The second-order valence-electron chi connectivity index (χ2n) is 7.61. The van der Waals surface area contributed by atoms with E-state index in [9.17, 15) is 13.2 Å². The van der Waals surface area contributed by atoms with Crippen LogP contribution in [0.15, 0.2) is 69.3 Å². The minimum absolute atomic E-state index is 0.00957. The van der Waals surface area contributed by atoms with Crippen molar-refractivity contribution in [2.75, 3.05) is 45.1 Å². The van der Waals surface area contributed by atoms with Gasteiger partial charge in [0, 0.05) is 54.7 Å². The van der Waals surface area contributed by atoms with Crippen LogP contribution in [0.25, 0.3) is 0 Å². The number of rotatable bonds is 10. The van der Waals surface area contributed by atoms with Crippen molar-refractivity contribution in [2.24, 2.45) is 0 Å². The number of sulfonamides is 1. The summed E-state index contributed by atoms with van der Waals surface area (Å²) in [5, 5.41) is -0.00957. The molecule has 0 N–H and O–H groups in total. The molecule has 0 aromatic heterocycles. The maximum Gasteiger partial charge on any atom is 0.243 e. The summed E-state index contributed by atoms with van der Waals surface area (Å²) in [7, 11) is -3.70. The van der Waals surface area contributed by atoms with Crippen LogP contribution in [-0.2, 0) is 19.6 Å². The largest absolute Gasteiger partial charge is 0.379 e. The lowest BCUT2D eigenvalue weighted by atomic mass is 10.3. The van der Waals surface area contributed by atoms with Gasteiger partial charge in [-0.05, 0) is 43.3 Å². The van der Waals surface area contributed by atoms with Crippen LogP contribution in [0.4, 0.5) is 0 Å². The first-order valence-corrected chi connectivity index (χ1v) is 13.9. The van der Waals surface area contributed by atoms with Gasteiger partial charge in [0.2, 0.25) is 10.0 Å². The van der Waals surface area contributed by atoms with Crippen LogP contribution >= 0.6 is 23.5 Å². The van der Waals surface area contributed by atoms with Gasteiger partial charge in [-0.2, -0.15) is 4.31 Å². The summed E-state index contributed by atoms with van der Waals surface area (Å²) in [5.41, 5.74) is 0. The molecule has 6 nitrogen and oxygen atoms in total. The fourth-order valence-electron chi connectivity index (χ4n) is 3.40. The van der Waals surface area contributed by atoms with Crippen LogP contribution in [-0.4, -0.2) is 73.9 Å². The molecular weight excluding hydrogens is 464 g/mol. The minimum atomic E-state index is -3.70. The summed E-state index contributed by atoms with van der Waals surface area (Å²) in [4.78, 5) is 16.0. The molecule has 174 valence electrons. The average molecular weight is 495 g/mol. The van der Waals surface area contributed by atoms with E-state index in [0.29, 0.717) is 32.1 Å². The van der Waals surface area contributed by atoms with Gasteiger partial charge in [-0.25, -0.2) is 8.42 Å². The van der Waals surface area contributed by atoms with Crippen molar-refractivity contribution in [3.63, 3.8) is 0 Å². The highest BCUT2D eigenvalue weighted by Gasteiger charge is 2.30. The number of morpholine rings is 1. The van der Waals surface area contributed by atoms with E-state index in [1.165, 1.54) is 11.2 Å². The summed E-state index contributed by atoms with van der Waals surface area (Å²) in [6, 6.07) is 16.7. The molecule has 0 unspecified atom stereocenters. The van der Waals surface area contributed by atoms with Crippen molar-refractivity contribution >= 4 is 38.7 Å². The van der Waals surface area contributed by atoms with Gasteiger partial charge in [0.1, 0.15) is 0 Å². The van der Waals surface area contributed by atoms with Gasteiger partial charge >= 0.3 is 0 Å². The zero-order chi connectivity index (χ0) is 23.0. The summed E-state index contributed by atoms with van der Waals surface area (Å²) < 4.78 is 34.0. The Bertz CT molecular complexity index is 962. The highest BCUT2D eigenvalue weighted by atomic mass is 32.2.